The number of carbonyl (C=O) groups is 1. The van der Waals surface area contributed by atoms with Crippen molar-refractivity contribution in [3.05, 3.63) is 64.1 Å². The SMILES string of the molecule is CN1C(=O)[C@]2(C[C@H](c3ccccc3)Oc3ccc(Br)cc32)N=C1N. The molecule has 2 aliphatic heterocycles. The van der Waals surface area contributed by atoms with Crippen molar-refractivity contribution in [3.63, 3.8) is 0 Å². The lowest BCUT2D eigenvalue weighted by Crippen LogP contribution is -2.43. The zero-order valence-corrected chi connectivity index (χ0v) is 14.7. The van der Waals surface area contributed by atoms with Crippen LogP contribution in [0.15, 0.2) is 58.0 Å². The molecule has 2 aromatic carbocycles. The third-order valence-electron chi connectivity index (χ3n) is 4.62. The number of nitrogens with zero attached hydrogens (tertiary/aromatic N) is 2. The van der Waals surface area contributed by atoms with E-state index in [9.17, 15) is 4.79 Å². The number of aliphatic imine (C=N–C) groups is 1. The Morgan fingerprint density at radius 2 is 2.04 bits per heavy atom. The van der Waals surface area contributed by atoms with Crippen LogP contribution in [-0.2, 0) is 10.3 Å². The molecule has 122 valence electrons. The van der Waals surface area contributed by atoms with Gasteiger partial charge in [0.2, 0.25) is 0 Å². The monoisotopic (exact) mass is 385 g/mol. The quantitative estimate of drug-likeness (QED) is 0.820. The van der Waals surface area contributed by atoms with Crippen LogP contribution >= 0.6 is 15.9 Å². The summed E-state index contributed by atoms with van der Waals surface area (Å²) in [4.78, 5) is 19.0. The van der Waals surface area contributed by atoms with Crippen LogP contribution in [0.25, 0.3) is 0 Å². The maximum atomic E-state index is 13.0. The van der Waals surface area contributed by atoms with Crippen LogP contribution in [-0.4, -0.2) is 23.8 Å². The molecule has 6 heteroatoms. The molecule has 0 aliphatic carbocycles. The van der Waals surface area contributed by atoms with Crippen LogP contribution in [0.5, 0.6) is 5.75 Å². The van der Waals surface area contributed by atoms with Crippen molar-refractivity contribution in [1.82, 2.24) is 4.90 Å². The van der Waals surface area contributed by atoms with Crippen molar-refractivity contribution >= 4 is 27.8 Å². The fraction of sp³-hybridized carbons (Fsp3) is 0.222. The number of guanidine groups is 1. The molecule has 0 aromatic heterocycles. The zero-order chi connectivity index (χ0) is 16.9. The number of ether oxygens (including phenoxy) is 1. The maximum absolute atomic E-state index is 13.0. The summed E-state index contributed by atoms with van der Waals surface area (Å²) in [5.74, 6) is 0.779. The highest BCUT2D eigenvalue weighted by Gasteiger charge is 2.53. The first-order chi connectivity index (χ1) is 11.5. The van der Waals surface area contributed by atoms with Gasteiger partial charge in [-0.15, -0.1) is 0 Å². The molecule has 4 rings (SSSR count). The van der Waals surface area contributed by atoms with E-state index in [2.05, 4.69) is 20.9 Å². The molecule has 1 spiro atoms. The number of fused-ring (bicyclic) bond motifs is 2. The Balaban J connectivity index is 1.89. The Kier molecular flexibility index (Phi) is 3.38. The van der Waals surface area contributed by atoms with Gasteiger partial charge in [-0.1, -0.05) is 46.3 Å². The Morgan fingerprint density at radius 1 is 1.29 bits per heavy atom. The highest BCUT2D eigenvalue weighted by molar-refractivity contribution is 9.10. The fourth-order valence-corrected chi connectivity index (χ4v) is 3.72. The summed E-state index contributed by atoms with van der Waals surface area (Å²) >= 11 is 3.47. The number of halogens is 1. The Bertz CT molecular complexity index is 853. The van der Waals surface area contributed by atoms with Crippen LogP contribution in [0.3, 0.4) is 0 Å². The van der Waals surface area contributed by atoms with Crippen LogP contribution in [0, 0.1) is 0 Å². The molecule has 24 heavy (non-hydrogen) atoms. The predicted octanol–water partition coefficient (Wildman–Crippen LogP) is 2.95. The number of carbonyl (C=O) groups excluding carboxylic acids is 1. The molecule has 2 aliphatic rings. The zero-order valence-electron chi connectivity index (χ0n) is 13.1. The molecule has 0 saturated carbocycles. The van der Waals surface area contributed by atoms with E-state index >= 15 is 0 Å². The number of likely N-dealkylation sites (N-methyl/N-ethyl adjacent to an activating group) is 1. The van der Waals surface area contributed by atoms with Gasteiger partial charge in [-0.3, -0.25) is 9.69 Å². The van der Waals surface area contributed by atoms with Crippen LogP contribution in [0.2, 0.25) is 0 Å². The summed E-state index contributed by atoms with van der Waals surface area (Å²) in [6, 6.07) is 15.5. The molecular formula is C18H16BrN3O2. The molecule has 2 aromatic rings. The van der Waals surface area contributed by atoms with E-state index < -0.39 is 5.54 Å². The first kappa shape index (κ1) is 15.2. The van der Waals surface area contributed by atoms with E-state index in [0.29, 0.717) is 12.2 Å². The van der Waals surface area contributed by atoms with Gasteiger partial charge in [-0.25, -0.2) is 4.99 Å². The van der Waals surface area contributed by atoms with Crippen molar-refractivity contribution in [2.45, 2.75) is 18.1 Å². The van der Waals surface area contributed by atoms with E-state index in [1.54, 1.807) is 7.05 Å². The first-order valence-corrected chi connectivity index (χ1v) is 8.46. The van der Waals surface area contributed by atoms with Crippen LogP contribution < -0.4 is 10.5 Å². The predicted molar refractivity (Wildman–Crippen MR) is 94.6 cm³/mol. The van der Waals surface area contributed by atoms with E-state index in [1.807, 2.05) is 48.5 Å². The van der Waals surface area contributed by atoms with Crippen LogP contribution in [0.4, 0.5) is 0 Å². The second-order valence-electron chi connectivity index (χ2n) is 6.06. The Morgan fingerprint density at radius 3 is 2.71 bits per heavy atom. The van der Waals surface area contributed by atoms with Crippen molar-refractivity contribution in [2.75, 3.05) is 7.05 Å². The standard InChI is InChI=1S/C18H16BrN3O2/c1-22-16(23)18(21-17(22)20)10-15(11-5-3-2-4-6-11)24-14-8-7-12(19)9-13(14)18/h2-9,15H,10H2,1H3,(H2,20,21)/t15-,18-/m1/s1. The Labute approximate surface area is 148 Å². The van der Waals surface area contributed by atoms with Gasteiger partial charge in [0.25, 0.3) is 5.91 Å². The molecule has 2 N–H and O–H groups in total. The van der Waals surface area contributed by atoms with E-state index in [0.717, 1.165) is 15.6 Å². The molecular weight excluding hydrogens is 370 g/mol. The summed E-state index contributed by atoms with van der Waals surface area (Å²) in [7, 11) is 1.65. The number of hydrogen-bond donors (Lipinski definition) is 1. The lowest BCUT2D eigenvalue weighted by Gasteiger charge is -2.36. The average Bonchev–Trinajstić information content (AvgIpc) is 2.81. The topological polar surface area (TPSA) is 67.9 Å². The molecule has 0 unspecified atom stereocenters. The minimum absolute atomic E-state index is 0.122. The third-order valence-corrected chi connectivity index (χ3v) is 5.11. The van der Waals surface area contributed by atoms with E-state index in [-0.39, 0.29) is 18.0 Å². The molecule has 0 bridgehead atoms. The second kappa shape index (κ2) is 5.34. The lowest BCUT2D eigenvalue weighted by molar-refractivity contribution is -0.132. The van der Waals surface area contributed by atoms with Crippen molar-refractivity contribution in [3.8, 4) is 5.75 Å². The minimum atomic E-state index is -1.03. The number of amides is 1. The highest BCUT2D eigenvalue weighted by atomic mass is 79.9. The second-order valence-corrected chi connectivity index (χ2v) is 6.97. The van der Waals surface area contributed by atoms with E-state index in [4.69, 9.17) is 10.5 Å². The third kappa shape index (κ3) is 2.13. The molecule has 2 atom stereocenters. The molecule has 0 radical (unpaired) electrons. The highest BCUT2D eigenvalue weighted by Crippen LogP contribution is 2.50. The summed E-state index contributed by atoms with van der Waals surface area (Å²) in [5.41, 5.74) is 6.69. The smallest absolute Gasteiger partial charge is 0.261 e. The van der Waals surface area contributed by atoms with Crippen LogP contribution in [0.1, 0.15) is 23.7 Å². The number of benzene rings is 2. The summed E-state index contributed by atoms with van der Waals surface area (Å²) in [6.45, 7) is 0. The van der Waals surface area contributed by atoms with Gasteiger partial charge in [0.15, 0.2) is 11.5 Å². The number of hydrogen-bond acceptors (Lipinski definition) is 4. The van der Waals surface area contributed by atoms with Crippen molar-refractivity contribution in [2.24, 2.45) is 10.7 Å². The van der Waals surface area contributed by atoms with Crippen molar-refractivity contribution < 1.29 is 9.53 Å². The van der Waals surface area contributed by atoms with Gasteiger partial charge in [-0.2, -0.15) is 0 Å². The van der Waals surface area contributed by atoms with E-state index in [1.165, 1.54) is 4.90 Å². The van der Waals surface area contributed by atoms with Gasteiger partial charge in [-0.05, 0) is 23.8 Å². The average molecular weight is 386 g/mol. The normalized spacial score (nSPS) is 25.4. The molecule has 0 saturated heterocycles. The molecule has 5 nitrogen and oxygen atoms in total. The molecule has 0 fully saturated rings. The Hall–Kier alpha value is -2.34. The summed E-state index contributed by atoms with van der Waals surface area (Å²) in [6.07, 6.45) is 0.163. The van der Waals surface area contributed by atoms with Gasteiger partial charge < -0.3 is 10.5 Å². The molecule has 2 heterocycles. The van der Waals surface area contributed by atoms with Crippen molar-refractivity contribution in [1.29, 1.82) is 0 Å². The number of nitrogens with two attached hydrogens (primary N) is 1. The molecule has 1 amide bonds. The summed E-state index contributed by atoms with van der Waals surface area (Å²) in [5, 5.41) is 0. The maximum Gasteiger partial charge on any atom is 0.261 e. The lowest BCUT2D eigenvalue weighted by atomic mass is 9.80. The fourth-order valence-electron chi connectivity index (χ4n) is 3.36. The van der Waals surface area contributed by atoms with Gasteiger partial charge in [0.1, 0.15) is 11.9 Å². The van der Waals surface area contributed by atoms with Gasteiger partial charge in [0, 0.05) is 23.5 Å². The van der Waals surface area contributed by atoms with Gasteiger partial charge in [0.05, 0.1) is 0 Å². The van der Waals surface area contributed by atoms with Gasteiger partial charge >= 0.3 is 0 Å². The largest absolute Gasteiger partial charge is 0.485 e. The minimum Gasteiger partial charge on any atom is -0.485 e. The summed E-state index contributed by atoms with van der Waals surface area (Å²) < 4.78 is 7.05. The number of rotatable bonds is 1. The first-order valence-electron chi connectivity index (χ1n) is 7.66.